The molecule has 0 unspecified atom stereocenters. The number of amides is 2. The molecule has 0 spiro atoms. The van der Waals surface area contributed by atoms with Crippen LogP contribution in [0.5, 0.6) is 0 Å². The summed E-state index contributed by atoms with van der Waals surface area (Å²) in [5, 5.41) is 15.2. The Morgan fingerprint density at radius 3 is 2.30 bits per heavy atom. The number of hydrogen-bond donors (Lipinski definition) is 2. The number of hydrogen-bond acceptors (Lipinski definition) is 3. The number of rotatable bonds is 5. The maximum Gasteiger partial charge on any atom is 0.252 e. The summed E-state index contributed by atoms with van der Waals surface area (Å²) in [6.07, 6.45) is 0.406. The number of likely N-dealkylation sites (tertiary alicyclic amines) is 1. The highest BCUT2D eigenvalue weighted by molar-refractivity contribution is 6.30. The van der Waals surface area contributed by atoms with Crippen molar-refractivity contribution in [1.29, 1.82) is 0 Å². The molecule has 0 saturated carbocycles. The number of carbonyl (C=O) groups is 2. The van der Waals surface area contributed by atoms with Crippen molar-refractivity contribution in [2.24, 2.45) is 11.3 Å². The smallest absolute Gasteiger partial charge is 0.252 e. The molecular formula is C27H35ClN2O3. The number of aliphatic hydroxyl groups is 1. The molecule has 3 rings (SSSR count). The molecule has 1 saturated heterocycles. The molecule has 0 bridgehead atoms. The molecule has 2 aromatic carbocycles. The predicted molar refractivity (Wildman–Crippen MR) is 132 cm³/mol. The molecular weight excluding hydrogens is 436 g/mol. The Bertz CT molecular complexity index is 1030. The standard InChI is InChI=1S/C27H35ClN2O3/c1-17(2)23(29-24(31)22-9-7-8-18(3)19(22)4)25(32)30-15-14-27(33,26(5,6)16-30)20-10-12-21(28)13-11-20/h7-13,17,23,33H,14-16H2,1-6H3,(H,29,31)/t23-,27+/m1/s1. The van der Waals surface area contributed by atoms with E-state index in [0.29, 0.717) is 30.1 Å². The summed E-state index contributed by atoms with van der Waals surface area (Å²) in [6, 6.07) is 12.2. The zero-order valence-electron chi connectivity index (χ0n) is 20.4. The van der Waals surface area contributed by atoms with Gasteiger partial charge in [-0.25, -0.2) is 0 Å². The number of piperidine rings is 1. The first-order valence-corrected chi connectivity index (χ1v) is 11.9. The van der Waals surface area contributed by atoms with E-state index in [1.807, 2.05) is 65.8 Å². The van der Waals surface area contributed by atoms with E-state index in [-0.39, 0.29) is 17.7 Å². The van der Waals surface area contributed by atoms with Crippen LogP contribution >= 0.6 is 11.6 Å². The van der Waals surface area contributed by atoms with Crippen LogP contribution in [0.25, 0.3) is 0 Å². The second-order valence-electron chi connectivity index (χ2n) is 10.2. The Labute approximate surface area is 202 Å². The number of benzene rings is 2. The van der Waals surface area contributed by atoms with Gasteiger partial charge < -0.3 is 15.3 Å². The first-order valence-electron chi connectivity index (χ1n) is 11.5. The van der Waals surface area contributed by atoms with Gasteiger partial charge in [-0.15, -0.1) is 0 Å². The van der Waals surface area contributed by atoms with Gasteiger partial charge in [0.15, 0.2) is 0 Å². The molecule has 1 aliphatic heterocycles. The van der Waals surface area contributed by atoms with Crippen LogP contribution in [0.1, 0.15) is 61.2 Å². The van der Waals surface area contributed by atoms with Crippen molar-refractivity contribution >= 4 is 23.4 Å². The van der Waals surface area contributed by atoms with E-state index in [1.54, 1.807) is 23.1 Å². The van der Waals surface area contributed by atoms with Gasteiger partial charge in [0.25, 0.3) is 5.91 Å². The minimum absolute atomic E-state index is 0.0771. The molecule has 0 aliphatic carbocycles. The van der Waals surface area contributed by atoms with Gasteiger partial charge in [0.1, 0.15) is 6.04 Å². The quantitative estimate of drug-likeness (QED) is 0.655. The van der Waals surface area contributed by atoms with Crippen molar-refractivity contribution in [3.63, 3.8) is 0 Å². The SMILES string of the molecule is Cc1cccc(C(=O)N[C@@H](C(=O)N2CC[C@](O)(c3ccc(Cl)cc3)C(C)(C)C2)C(C)C)c1C. The van der Waals surface area contributed by atoms with Gasteiger partial charge >= 0.3 is 0 Å². The largest absolute Gasteiger partial charge is 0.384 e. The fourth-order valence-electron chi connectivity index (χ4n) is 4.70. The van der Waals surface area contributed by atoms with Gasteiger partial charge in [-0.3, -0.25) is 9.59 Å². The van der Waals surface area contributed by atoms with Gasteiger partial charge in [-0.05, 0) is 61.1 Å². The number of carbonyl (C=O) groups excluding carboxylic acids is 2. The lowest BCUT2D eigenvalue weighted by atomic mass is 9.66. The molecule has 2 atom stereocenters. The first-order chi connectivity index (χ1) is 15.4. The van der Waals surface area contributed by atoms with Crippen LogP contribution in [0.2, 0.25) is 5.02 Å². The van der Waals surface area contributed by atoms with Crippen molar-refractivity contribution in [2.45, 2.75) is 59.6 Å². The van der Waals surface area contributed by atoms with Crippen LogP contribution in [-0.2, 0) is 10.4 Å². The van der Waals surface area contributed by atoms with Gasteiger partial charge in [-0.2, -0.15) is 0 Å². The van der Waals surface area contributed by atoms with Gasteiger partial charge in [0.05, 0.1) is 5.60 Å². The van der Waals surface area contributed by atoms with Crippen LogP contribution < -0.4 is 5.32 Å². The van der Waals surface area contributed by atoms with E-state index in [1.165, 1.54) is 0 Å². The van der Waals surface area contributed by atoms with E-state index in [4.69, 9.17) is 11.6 Å². The Morgan fingerprint density at radius 2 is 1.73 bits per heavy atom. The van der Waals surface area contributed by atoms with Crippen LogP contribution in [0.15, 0.2) is 42.5 Å². The van der Waals surface area contributed by atoms with Gasteiger partial charge in [0, 0.05) is 29.1 Å². The lowest BCUT2D eigenvalue weighted by molar-refractivity contribution is -0.155. The van der Waals surface area contributed by atoms with Crippen molar-refractivity contribution in [1.82, 2.24) is 10.2 Å². The van der Waals surface area contributed by atoms with E-state index < -0.39 is 17.1 Å². The maximum atomic E-state index is 13.6. The van der Waals surface area contributed by atoms with Crippen molar-refractivity contribution < 1.29 is 14.7 Å². The van der Waals surface area contributed by atoms with Gasteiger partial charge in [-0.1, -0.05) is 63.6 Å². The summed E-state index contributed by atoms with van der Waals surface area (Å²) >= 11 is 6.03. The Hall–Kier alpha value is -2.37. The average Bonchev–Trinajstić information content (AvgIpc) is 2.75. The summed E-state index contributed by atoms with van der Waals surface area (Å²) in [5.74, 6) is -0.432. The Morgan fingerprint density at radius 1 is 1.09 bits per heavy atom. The molecule has 33 heavy (non-hydrogen) atoms. The summed E-state index contributed by atoms with van der Waals surface area (Å²) in [6.45, 7) is 12.5. The van der Waals surface area contributed by atoms with Crippen LogP contribution in [-0.4, -0.2) is 41.0 Å². The zero-order valence-corrected chi connectivity index (χ0v) is 21.2. The lowest BCUT2D eigenvalue weighted by Crippen LogP contribution is -2.60. The fourth-order valence-corrected chi connectivity index (χ4v) is 4.82. The number of nitrogens with zero attached hydrogens (tertiary/aromatic N) is 1. The van der Waals surface area contributed by atoms with Crippen molar-refractivity contribution in [2.75, 3.05) is 13.1 Å². The summed E-state index contributed by atoms with van der Waals surface area (Å²) < 4.78 is 0. The zero-order chi connectivity index (χ0) is 24.6. The highest BCUT2D eigenvalue weighted by Crippen LogP contribution is 2.46. The monoisotopic (exact) mass is 470 g/mol. The van der Waals surface area contributed by atoms with Crippen LogP contribution in [0.3, 0.4) is 0 Å². The molecule has 0 radical (unpaired) electrons. The van der Waals surface area contributed by atoms with Crippen LogP contribution in [0, 0.1) is 25.2 Å². The Balaban J connectivity index is 1.79. The minimum atomic E-state index is -1.08. The summed E-state index contributed by atoms with van der Waals surface area (Å²) in [7, 11) is 0. The Kier molecular flexibility index (Phi) is 7.25. The summed E-state index contributed by atoms with van der Waals surface area (Å²) in [5.41, 5.74) is 1.67. The predicted octanol–water partition coefficient (Wildman–Crippen LogP) is 4.86. The average molecular weight is 471 g/mol. The molecule has 2 amide bonds. The fraction of sp³-hybridized carbons (Fsp3) is 0.481. The minimum Gasteiger partial charge on any atom is -0.384 e. The maximum absolute atomic E-state index is 13.6. The van der Waals surface area contributed by atoms with E-state index in [9.17, 15) is 14.7 Å². The second-order valence-corrected chi connectivity index (χ2v) is 10.6. The molecule has 1 heterocycles. The third kappa shape index (κ3) is 4.95. The molecule has 5 nitrogen and oxygen atoms in total. The molecule has 2 N–H and O–H groups in total. The van der Waals surface area contributed by atoms with E-state index in [2.05, 4.69) is 5.32 Å². The first kappa shape index (κ1) is 25.3. The second kappa shape index (κ2) is 9.47. The molecule has 6 heteroatoms. The number of halogens is 1. The third-order valence-corrected chi connectivity index (χ3v) is 7.40. The van der Waals surface area contributed by atoms with Crippen LogP contribution in [0.4, 0.5) is 0 Å². The molecule has 1 aliphatic rings. The number of nitrogens with one attached hydrogen (secondary N) is 1. The lowest BCUT2D eigenvalue weighted by Gasteiger charge is -2.51. The molecule has 1 fully saturated rings. The molecule has 178 valence electrons. The van der Waals surface area contributed by atoms with Gasteiger partial charge in [0.2, 0.25) is 5.91 Å². The highest BCUT2D eigenvalue weighted by atomic mass is 35.5. The third-order valence-electron chi connectivity index (χ3n) is 7.15. The normalized spacial score (nSPS) is 21.1. The molecule has 2 aromatic rings. The number of aryl methyl sites for hydroxylation is 1. The van der Waals surface area contributed by atoms with E-state index in [0.717, 1.165) is 16.7 Å². The summed E-state index contributed by atoms with van der Waals surface area (Å²) in [4.78, 5) is 28.4. The highest BCUT2D eigenvalue weighted by Gasteiger charge is 2.50. The topological polar surface area (TPSA) is 69.6 Å². The molecule has 0 aromatic heterocycles. The van der Waals surface area contributed by atoms with Crippen molar-refractivity contribution in [3.8, 4) is 0 Å². The van der Waals surface area contributed by atoms with E-state index >= 15 is 0 Å². The van der Waals surface area contributed by atoms with Crippen molar-refractivity contribution in [3.05, 3.63) is 69.7 Å².